The number of rotatable bonds is 6. The molecule has 11 heteroatoms. The third kappa shape index (κ3) is 5.27. The van der Waals surface area contributed by atoms with Crippen LogP contribution in [-0.2, 0) is 6.42 Å². The summed E-state index contributed by atoms with van der Waals surface area (Å²) < 4.78 is 47.4. The molecule has 4 aromatic rings. The summed E-state index contributed by atoms with van der Waals surface area (Å²) in [7, 11) is 2.11. The lowest BCUT2D eigenvalue weighted by Crippen LogP contribution is -2.58. The van der Waals surface area contributed by atoms with Crippen LogP contribution < -0.4 is 15.0 Å². The Morgan fingerprint density at radius 1 is 1.02 bits per heavy atom. The topological polar surface area (TPSA) is 82.2 Å². The predicted molar refractivity (Wildman–Crippen MR) is 167 cm³/mol. The molecular weight excluding hydrogens is 567 g/mol. The fourth-order valence-electron chi connectivity index (χ4n) is 7.31. The molecule has 234 valence electrons. The number of aromatic nitrogens is 4. The number of likely N-dealkylation sites (tertiary alicyclic amines) is 1. The Hall–Kier alpha value is -3.44. The van der Waals surface area contributed by atoms with E-state index in [-0.39, 0.29) is 11.7 Å². The van der Waals surface area contributed by atoms with Gasteiger partial charge in [-0.3, -0.25) is 5.10 Å². The minimum Gasteiger partial charge on any atom is -0.481 e. The van der Waals surface area contributed by atoms with Gasteiger partial charge in [-0.2, -0.15) is 18.3 Å². The summed E-state index contributed by atoms with van der Waals surface area (Å²) in [4.78, 5) is 15.0. The number of alkyl halides is 3. The second kappa shape index (κ2) is 11.2. The van der Waals surface area contributed by atoms with E-state index in [9.17, 15) is 13.2 Å². The maximum Gasteiger partial charge on any atom is 0.422 e. The second-order valence-electron chi connectivity index (χ2n) is 13.1. The van der Waals surface area contributed by atoms with E-state index < -0.39 is 12.8 Å². The summed E-state index contributed by atoms with van der Waals surface area (Å²) in [5, 5.41) is 12.3. The minimum absolute atomic E-state index is 0.130. The van der Waals surface area contributed by atoms with Gasteiger partial charge in [-0.1, -0.05) is 13.0 Å². The van der Waals surface area contributed by atoms with E-state index in [0.29, 0.717) is 28.7 Å². The Morgan fingerprint density at radius 2 is 1.77 bits per heavy atom. The van der Waals surface area contributed by atoms with Crippen LogP contribution in [0.3, 0.4) is 0 Å². The molecule has 0 aliphatic carbocycles. The number of H-pyrrole nitrogens is 1. The molecule has 0 atom stereocenters. The van der Waals surface area contributed by atoms with E-state index in [1.807, 2.05) is 26.0 Å². The van der Waals surface area contributed by atoms with Crippen molar-refractivity contribution in [2.75, 3.05) is 57.8 Å². The molecule has 0 amide bonds. The number of halogens is 3. The number of nitrogens with zero attached hydrogens (tertiary/aromatic N) is 5. The molecule has 2 aromatic heterocycles. The largest absolute Gasteiger partial charge is 0.481 e. The van der Waals surface area contributed by atoms with Gasteiger partial charge in [0, 0.05) is 48.4 Å². The number of hydrogen-bond donors (Lipinski definition) is 2. The Balaban J connectivity index is 1.47. The lowest BCUT2D eigenvalue weighted by Gasteiger charge is -2.48. The van der Waals surface area contributed by atoms with Crippen molar-refractivity contribution in [1.82, 2.24) is 30.4 Å². The standard InChI is InChI=1S/C33H40F3N7O/c1-4-21-15-23-28(29(44-19-33(34,35)36)27(21)26-20(2)5-6-25-24(26)16-38-41-25)39-30(22-7-11-42(3)12-8-22)40-31(23)43-13-9-32(10-14-43)17-37-18-32/h5-6,15-16,22,37H,4,7-14,17-19H2,1-3H3,(H,38,41). The van der Waals surface area contributed by atoms with Gasteiger partial charge in [0.1, 0.15) is 17.2 Å². The molecule has 0 saturated carbocycles. The first-order chi connectivity index (χ1) is 21.1. The molecule has 0 bridgehead atoms. The monoisotopic (exact) mass is 607 g/mol. The van der Waals surface area contributed by atoms with Crippen molar-refractivity contribution in [3.63, 3.8) is 0 Å². The van der Waals surface area contributed by atoms with Crippen molar-refractivity contribution in [2.24, 2.45) is 5.41 Å². The molecule has 2 aromatic carbocycles. The van der Waals surface area contributed by atoms with Crippen LogP contribution in [-0.4, -0.2) is 84.2 Å². The van der Waals surface area contributed by atoms with E-state index in [1.165, 1.54) is 0 Å². The van der Waals surface area contributed by atoms with Gasteiger partial charge in [0.2, 0.25) is 0 Å². The second-order valence-corrected chi connectivity index (χ2v) is 13.1. The van der Waals surface area contributed by atoms with Gasteiger partial charge < -0.3 is 19.9 Å². The molecule has 2 N–H and O–H groups in total. The van der Waals surface area contributed by atoms with Crippen LogP contribution in [0.2, 0.25) is 0 Å². The summed E-state index contributed by atoms with van der Waals surface area (Å²) in [6, 6.07) is 6.02. The van der Waals surface area contributed by atoms with Crippen LogP contribution in [0.1, 0.15) is 55.5 Å². The van der Waals surface area contributed by atoms with Crippen LogP contribution in [0.25, 0.3) is 32.9 Å². The van der Waals surface area contributed by atoms with Crippen LogP contribution in [0.5, 0.6) is 5.75 Å². The third-order valence-electron chi connectivity index (χ3n) is 10.1. The van der Waals surface area contributed by atoms with Crippen LogP contribution in [0.15, 0.2) is 24.4 Å². The molecule has 3 fully saturated rings. The van der Waals surface area contributed by atoms with E-state index in [1.54, 1.807) is 6.20 Å². The maximum atomic E-state index is 13.8. The highest BCUT2D eigenvalue weighted by molar-refractivity contribution is 6.05. The van der Waals surface area contributed by atoms with Gasteiger partial charge in [-0.15, -0.1) is 0 Å². The predicted octanol–water partition coefficient (Wildman–Crippen LogP) is 5.98. The molecule has 3 aliphatic heterocycles. The highest BCUT2D eigenvalue weighted by Gasteiger charge is 2.40. The van der Waals surface area contributed by atoms with E-state index in [4.69, 9.17) is 14.7 Å². The first-order valence-electron chi connectivity index (χ1n) is 15.8. The molecule has 5 heterocycles. The van der Waals surface area contributed by atoms with Gasteiger partial charge in [0.25, 0.3) is 0 Å². The number of piperidine rings is 2. The van der Waals surface area contributed by atoms with Crippen molar-refractivity contribution < 1.29 is 17.9 Å². The molecular formula is C33H40F3N7O. The van der Waals surface area contributed by atoms with E-state index in [2.05, 4.69) is 38.4 Å². The number of aryl methyl sites for hydroxylation is 2. The van der Waals surface area contributed by atoms with Gasteiger partial charge in [-0.05, 0) is 93.4 Å². The zero-order chi connectivity index (χ0) is 30.6. The highest BCUT2D eigenvalue weighted by Crippen LogP contribution is 2.47. The first-order valence-corrected chi connectivity index (χ1v) is 15.8. The van der Waals surface area contributed by atoms with Crippen molar-refractivity contribution in [1.29, 1.82) is 0 Å². The lowest BCUT2D eigenvalue weighted by molar-refractivity contribution is -0.153. The van der Waals surface area contributed by atoms with Crippen molar-refractivity contribution in [3.8, 4) is 16.9 Å². The minimum atomic E-state index is -4.51. The SMILES string of the molecule is CCc1cc2c(N3CCC4(CC3)CNC4)nc(C3CCN(C)CC3)nc2c(OCC(F)(F)F)c1-c1c(C)ccc2[nH]ncc12. The molecule has 8 nitrogen and oxygen atoms in total. The normalized spacial score (nSPS) is 19.6. The summed E-state index contributed by atoms with van der Waals surface area (Å²) in [5.74, 6) is 1.84. The van der Waals surface area contributed by atoms with E-state index in [0.717, 1.165) is 104 Å². The van der Waals surface area contributed by atoms with Gasteiger partial charge in [-0.25, -0.2) is 9.97 Å². The summed E-state index contributed by atoms with van der Waals surface area (Å²) in [6.07, 6.45) is 1.77. The van der Waals surface area contributed by atoms with Gasteiger partial charge >= 0.3 is 6.18 Å². The van der Waals surface area contributed by atoms with Crippen LogP contribution in [0.4, 0.5) is 19.0 Å². The maximum absolute atomic E-state index is 13.8. The Morgan fingerprint density at radius 3 is 2.43 bits per heavy atom. The molecule has 3 saturated heterocycles. The number of aromatic amines is 1. The number of fused-ring (bicyclic) bond motifs is 2. The van der Waals surface area contributed by atoms with Crippen molar-refractivity contribution in [3.05, 3.63) is 41.3 Å². The molecule has 0 unspecified atom stereocenters. The Bertz CT molecular complexity index is 1680. The summed E-state index contributed by atoms with van der Waals surface area (Å²) >= 11 is 0. The van der Waals surface area contributed by atoms with Gasteiger partial charge in [0.15, 0.2) is 12.4 Å². The Kier molecular flexibility index (Phi) is 7.43. The summed E-state index contributed by atoms with van der Waals surface area (Å²) in [6.45, 7) is 8.28. The average Bonchev–Trinajstić information content (AvgIpc) is 3.47. The third-order valence-corrected chi connectivity index (χ3v) is 10.1. The number of ether oxygens (including phenoxy) is 1. The zero-order valence-electron chi connectivity index (χ0n) is 25.7. The van der Waals surface area contributed by atoms with Crippen LogP contribution >= 0.6 is 0 Å². The van der Waals surface area contributed by atoms with E-state index >= 15 is 0 Å². The molecule has 0 radical (unpaired) electrons. The zero-order valence-corrected chi connectivity index (χ0v) is 25.7. The molecule has 1 spiro atoms. The molecule has 7 rings (SSSR count). The van der Waals surface area contributed by atoms with Crippen molar-refractivity contribution >= 4 is 27.6 Å². The fraction of sp³-hybridized carbons (Fsp3) is 0.545. The average molecular weight is 608 g/mol. The number of anilines is 1. The highest BCUT2D eigenvalue weighted by atomic mass is 19.4. The van der Waals surface area contributed by atoms with Crippen molar-refractivity contribution in [2.45, 2.75) is 58.0 Å². The number of hydrogen-bond acceptors (Lipinski definition) is 7. The lowest BCUT2D eigenvalue weighted by atomic mass is 9.73. The van der Waals surface area contributed by atoms with Gasteiger partial charge in [0.05, 0.1) is 11.7 Å². The molecule has 44 heavy (non-hydrogen) atoms. The number of benzene rings is 2. The smallest absolute Gasteiger partial charge is 0.422 e. The fourth-order valence-corrected chi connectivity index (χ4v) is 7.31. The summed E-state index contributed by atoms with van der Waals surface area (Å²) in [5.41, 5.74) is 4.95. The first kappa shape index (κ1) is 29.3. The van der Waals surface area contributed by atoms with Crippen LogP contribution in [0, 0.1) is 12.3 Å². The quantitative estimate of drug-likeness (QED) is 0.279. The number of nitrogens with one attached hydrogen (secondary N) is 2. The molecule has 3 aliphatic rings. The Labute approximate surface area is 255 Å².